The van der Waals surface area contributed by atoms with Crippen LogP contribution in [0.3, 0.4) is 0 Å². The number of carbonyl (C=O) groups excluding carboxylic acids is 1. The number of amides is 1. The van der Waals surface area contributed by atoms with Crippen molar-refractivity contribution in [2.24, 2.45) is 0 Å². The smallest absolute Gasteiger partial charge is 0.237 e. The first-order valence-electron chi connectivity index (χ1n) is 6.73. The van der Waals surface area contributed by atoms with Crippen molar-refractivity contribution in [1.29, 1.82) is 0 Å². The zero-order valence-corrected chi connectivity index (χ0v) is 11.8. The third kappa shape index (κ3) is 5.73. The first-order valence-corrected chi connectivity index (χ1v) is 7.17. The van der Waals surface area contributed by atoms with Crippen LogP contribution in [-0.4, -0.2) is 42.4 Å². The highest BCUT2D eigenvalue weighted by atomic mass is 35.5. The average Bonchev–Trinajstić information content (AvgIpc) is 2.35. The van der Waals surface area contributed by atoms with E-state index in [1.165, 1.54) is 32.1 Å². The number of alkyl halides is 1. The van der Waals surface area contributed by atoms with Gasteiger partial charge in [0.05, 0.1) is 0 Å². The van der Waals surface area contributed by atoms with Crippen LogP contribution in [0, 0.1) is 0 Å². The molecule has 0 radical (unpaired) electrons. The average molecular weight is 261 g/mol. The van der Waals surface area contributed by atoms with E-state index in [0.717, 1.165) is 25.6 Å². The third-order valence-electron chi connectivity index (χ3n) is 3.55. The lowest BCUT2D eigenvalue weighted by molar-refractivity contribution is -0.120. The van der Waals surface area contributed by atoms with E-state index < -0.39 is 5.38 Å². The molecule has 0 saturated heterocycles. The molecule has 1 atom stereocenters. The Morgan fingerprint density at radius 1 is 1.41 bits per heavy atom. The molecule has 4 heteroatoms. The van der Waals surface area contributed by atoms with Crippen molar-refractivity contribution in [3.05, 3.63) is 0 Å². The van der Waals surface area contributed by atoms with Crippen LogP contribution >= 0.6 is 11.6 Å². The molecule has 0 aliphatic heterocycles. The Kier molecular flexibility index (Phi) is 6.90. The van der Waals surface area contributed by atoms with Crippen molar-refractivity contribution in [2.45, 2.75) is 56.9 Å². The van der Waals surface area contributed by atoms with E-state index >= 15 is 0 Å². The summed E-state index contributed by atoms with van der Waals surface area (Å²) in [5.41, 5.74) is 0. The molecule has 3 nitrogen and oxygen atoms in total. The van der Waals surface area contributed by atoms with Gasteiger partial charge in [-0.05, 0) is 39.8 Å². The summed E-state index contributed by atoms with van der Waals surface area (Å²) in [5, 5.41) is 2.42. The van der Waals surface area contributed by atoms with Crippen LogP contribution in [0.5, 0.6) is 0 Å². The van der Waals surface area contributed by atoms with E-state index in [-0.39, 0.29) is 5.91 Å². The molecule has 0 aromatic heterocycles. The molecule has 0 aromatic rings. The molecule has 1 aliphatic rings. The predicted molar refractivity (Wildman–Crippen MR) is 72.4 cm³/mol. The van der Waals surface area contributed by atoms with E-state index in [1.54, 1.807) is 6.92 Å². The molecule has 0 aromatic carbocycles. The molecule has 1 saturated carbocycles. The Hall–Kier alpha value is -0.280. The van der Waals surface area contributed by atoms with Crippen molar-refractivity contribution < 1.29 is 4.79 Å². The maximum absolute atomic E-state index is 11.2. The summed E-state index contributed by atoms with van der Waals surface area (Å²) in [5.74, 6) is -0.0630. The van der Waals surface area contributed by atoms with Crippen molar-refractivity contribution in [1.82, 2.24) is 10.2 Å². The summed E-state index contributed by atoms with van der Waals surface area (Å²) < 4.78 is 0. The number of carbonyl (C=O) groups is 1. The molecule has 1 fully saturated rings. The van der Waals surface area contributed by atoms with Gasteiger partial charge in [0.2, 0.25) is 5.91 Å². The molecule has 1 aliphatic carbocycles. The number of hydrogen-bond acceptors (Lipinski definition) is 2. The van der Waals surface area contributed by atoms with Crippen LogP contribution in [0.25, 0.3) is 0 Å². The van der Waals surface area contributed by atoms with Gasteiger partial charge in [0, 0.05) is 12.6 Å². The second-order valence-corrected chi connectivity index (χ2v) is 5.69. The topological polar surface area (TPSA) is 32.3 Å². The standard InChI is InChI=1S/C13H25ClN2O/c1-11(14)13(17)15-9-6-10-16(2)12-7-4-3-5-8-12/h11-12H,3-10H2,1-2H3,(H,15,17). The van der Waals surface area contributed by atoms with Crippen LogP contribution in [-0.2, 0) is 4.79 Å². The summed E-state index contributed by atoms with van der Waals surface area (Å²) in [4.78, 5) is 13.7. The Balaban J connectivity index is 2.07. The SMILES string of the molecule is CC(Cl)C(=O)NCCCN(C)C1CCCCC1. The number of hydrogen-bond donors (Lipinski definition) is 1. The van der Waals surface area contributed by atoms with Gasteiger partial charge in [0.1, 0.15) is 5.38 Å². The van der Waals surface area contributed by atoms with Gasteiger partial charge in [-0.2, -0.15) is 0 Å². The number of rotatable bonds is 6. The molecule has 0 heterocycles. The number of nitrogens with one attached hydrogen (secondary N) is 1. The molecule has 0 bridgehead atoms. The lowest BCUT2D eigenvalue weighted by Crippen LogP contribution is -2.36. The second-order valence-electron chi connectivity index (χ2n) is 5.03. The fraction of sp³-hybridized carbons (Fsp3) is 0.923. The van der Waals surface area contributed by atoms with Gasteiger partial charge in [-0.25, -0.2) is 0 Å². The molecule has 1 N–H and O–H groups in total. The van der Waals surface area contributed by atoms with Crippen molar-refractivity contribution in [2.75, 3.05) is 20.1 Å². The summed E-state index contributed by atoms with van der Waals surface area (Å²) >= 11 is 5.67. The van der Waals surface area contributed by atoms with Gasteiger partial charge in [-0.3, -0.25) is 4.79 Å². The lowest BCUT2D eigenvalue weighted by atomic mass is 9.94. The van der Waals surface area contributed by atoms with Crippen LogP contribution in [0.1, 0.15) is 45.4 Å². The Morgan fingerprint density at radius 3 is 2.65 bits per heavy atom. The van der Waals surface area contributed by atoms with Crippen LogP contribution in [0.4, 0.5) is 0 Å². The highest BCUT2D eigenvalue weighted by Crippen LogP contribution is 2.21. The maximum atomic E-state index is 11.2. The monoisotopic (exact) mass is 260 g/mol. The minimum Gasteiger partial charge on any atom is -0.355 e. The van der Waals surface area contributed by atoms with Gasteiger partial charge in [-0.15, -0.1) is 11.6 Å². The van der Waals surface area contributed by atoms with Gasteiger partial charge >= 0.3 is 0 Å². The van der Waals surface area contributed by atoms with Gasteiger partial charge < -0.3 is 10.2 Å². The second kappa shape index (κ2) is 7.93. The molecular weight excluding hydrogens is 236 g/mol. The quantitative estimate of drug-likeness (QED) is 0.588. The molecule has 1 amide bonds. The Labute approximate surface area is 110 Å². The fourth-order valence-corrected chi connectivity index (χ4v) is 2.46. The van der Waals surface area contributed by atoms with Crippen molar-refractivity contribution in [3.8, 4) is 0 Å². The Bertz CT molecular complexity index is 227. The highest BCUT2D eigenvalue weighted by Gasteiger charge is 2.17. The van der Waals surface area contributed by atoms with Gasteiger partial charge in [0.15, 0.2) is 0 Å². The van der Waals surface area contributed by atoms with E-state index in [4.69, 9.17) is 11.6 Å². The maximum Gasteiger partial charge on any atom is 0.237 e. The van der Waals surface area contributed by atoms with Crippen molar-refractivity contribution in [3.63, 3.8) is 0 Å². The van der Waals surface area contributed by atoms with Gasteiger partial charge in [0.25, 0.3) is 0 Å². The lowest BCUT2D eigenvalue weighted by Gasteiger charge is -2.31. The first-order chi connectivity index (χ1) is 8.11. The van der Waals surface area contributed by atoms with E-state index in [2.05, 4.69) is 17.3 Å². The van der Waals surface area contributed by atoms with E-state index in [0.29, 0.717) is 0 Å². The Morgan fingerprint density at radius 2 is 2.06 bits per heavy atom. The zero-order valence-electron chi connectivity index (χ0n) is 11.0. The number of nitrogens with zero attached hydrogens (tertiary/aromatic N) is 1. The third-order valence-corrected chi connectivity index (χ3v) is 3.74. The largest absolute Gasteiger partial charge is 0.355 e. The van der Waals surface area contributed by atoms with E-state index in [9.17, 15) is 4.79 Å². The minimum absolute atomic E-state index is 0.0630. The van der Waals surface area contributed by atoms with Gasteiger partial charge in [-0.1, -0.05) is 19.3 Å². The number of halogens is 1. The minimum atomic E-state index is -0.425. The van der Waals surface area contributed by atoms with Crippen LogP contribution < -0.4 is 5.32 Å². The molecule has 1 unspecified atom stereocenters. The molecule has 100 valence electrons. The molecule has 0 spiro atoms. The van der Waals surface area contributed by atoms with E-state index in [1.807, 2.05) is 0 Å². The first kappa shape index (κ1) is 14.8. The predicted octanol–water partition coefficient (Wildman–Crippen LogP) is 2.38. The molecule has 1 rings (SSSR count). The molecule has 17 heavy (non-hydrogen) atoms. The summed E-state index contributed by atoms with van der Waals surface area (Å²) in [6.07, 6.45) is 7.81. The van der Waals surface area contributed by atoms with Crippen molar-refractivity contribution >= 4 is 17.5 Å². The fourth-order valence-electron chi connectivity index (χ4n) is 2.39. The summed E-state index contributed by atoms with van der Waals surface area (Å²) in [7, 11) is 2.20. The summed E-state index contributed by atoms with van der Waals surface area (Å²) in [6, 6.07) is 0.756. The normalized spacial score (nSPS) is 19.3. The van der Waals surface area contributed by atoms with Crippen LogP contribution in [0.15, 0.2) is 0 Å². The summed E-state index contributed by atoms with van der Waals surface area (Å²) in [6.45, 7) is 3.49. The highest BCUT2D eigenvalue weighted by molar-refractivity contribution is 6.30. The zero-order chi connectivity index (χ0) is 12.7. The molecular formula is C13H25ClN2O. The van der Waals surface area contributed by atoms with Crippen LogP contribution in [0.2, 0.25) is 0 Å².